The second kappa shape index (κ2) is 8.15. The fraction of sp³-hybridized carbons (Fsp3) is 0.364. The highest BCUT2D eigenvalue weighted by molar-refractivity contribution is 6.07. The molecule has 32 heavy (non-hydrogen) atoms. The molecule has 2 fully saturated rings. The third-order valence-electron chi connectivity index (χ3n) is 5.96. The van der Waals surface area contributed by atoms with Crippen molar-refractivity contribution < 1.29 is 22.8 Å². The third-order valence-corrected chi connectivity index (χ3v) is 5.96. The predicted molar refractivity (Wildman–Crippen MR) is 110 cm³/mol. The van der Waals surface area contributed by atoms with E-state index >= 15 is 0 Å². The average molecular weight is 443 g/mol. The van der Waals surface area contributed by atoms with Crippen LogP contribution in [0.25, 0.3) is 0 Å². The van der Waals surface area contributed by atoms with Gasteiger partial charge in [0.25, 0.3) is 5.91 Å². The van der Waals surface area contributed by atoms with Crippen molar-refractivity contribution in [3.63, 3.8) is 0 Å². The SMILES string of the molecule is CNC(=O)c1ccc(N2C(=O)N(c3ccc(C#N)c(C(F)(F)F)c3)C3CCCCC32)cn1. The Labute approximate surface area is 182 Å². The van der Waals surface area contributed by atoms with Gasteiger partial charge in [0.15, 0.2) is 0 Å². The van der Waals surface area contributed by atoms with Crippen LogP contribution < -0.4 is 15.1 Å². The Morgan fingerprint density at radius 3 is 2.28 bits per heavy atom. The number of rotatable bonds is 3. The van der Waals surface area contributed by atoms with E-state index in [-0.39, 0.29) is 29.4 Å². The summed E-state index contributed by atoms with van der Waals surface area (Å²) < 4.78 is 40.5. The van der Waals surface area contributed by atoms with Crippen LogP contribution in [0.5, 0.6) is 0 Å². The second-order valence-electron chi connectivity index (χ2n) is 7.76. The van der Waals surface area contributed by atoms with Crippen LogP contribution in [0, 0.1) is 11.3 Å². The van der Waals surface area contributed by atoms with E-state index in [4.69, 9.17) is 5.26 Å². The number of anilines is 2. The van der Waals surface area contributed by atoms with Crippen LogP contribution >= 0.6 is 0 Å². The smallest absolute Gasteiger partial charge is 0.354 e. The van der Waals surface area contributed by atoms with Gasteiger partial charge in [0.1, 0.15) is 5.69 Å². The minimum atomic E-state index is -4.71. The molecule has 1 saturated heterocycles. The summed E-state index contributed by atoms with van der Waals surface area (Å²) in [6, 6.07) is 7.07. The second-order valence-corrected chi connectivity index (χ2v) is 7.76. The maximum atomic E-state index is 13.5. The Bertz CT molecular complexity index is 1090. The highest BCUT2D eigenvalue weighted by Crippen LogP contribution is 2.41. The molecule has 1 aromatic carbocycles. The van der Waals surface area contributed by atoms with E-state index in [0.29, 0.717) is 18.5 Å². The van der Waals surface area contributed by atoms with Crippen molar-refractivity contribution >= 4 is 23.3 Å². The number of amides is 3. The van der Waals surface area contributed by atoms with Crippen molar-refractivity contribution in [2.45, 2.75) is 43.9 Å². The van der Waals surface area contributed by atoms with Crippen LogP contribution in [0.2, 0.25) is 0 Å². The lowest BCUT2D eigenvalue weighted by Gasteiger charge is -2.31. The number of pyridine rings is 1. The molecule has 7 nitrogen and oxygen atoms in total. The molecule has 2 aliphatic rings. The summed E-state index contributed by atoms with van der Waals surface area (Å²) in [6.45, 7) is 0. The molecule has 0 bridgehead atoms. The fourth-order valence-electron chi connectivity index (χ4n) is 4.50. The molecule has 0 radical (unpaired) electrons. The molecule has 3 amide bonds. The number of urea groups is 1. The molecule has 4 rings (SSSR count). The molecular formula is C22H20F3N5O2. The molecular weight excluding hydrogens is 423 g/mol. The summed E-state index contributed by atoms with van der Waals surface area (Å²) in [4.78, 5) is 32.3. The monoisotopic (exact) mass is 443 g/mol. The van der Waals surface area contributed by atoms with Gasteiger partial charge in [0.2, 0.25) is 0 Å². The number of nitrogens with one attached hydrogen (secondary N) is 1. The van der Waals surface area contributed by atoms with E-state index in [1.54, 1.807) is 17.0 Å². The number of alkyl halides is 3. The number of hydrogen-bond donors (Lipinski definition) is 1. The first-order valence-electron chi connectivity index (χ1n) is 10.2. The summed E-state index contributed by atoms with van der Waals surface area (Å²) in [5, 5.41) is 11.5. The third kappa shape index (κ3) is 3.64. The van der Waals surface area contributed by atoms with Gasteiger partial charge in [-0.3, -0.25) is 14.6 Å². The molecule has 2 heterocycles. The molecule has 2 atom stereocenters. The summed E-state index contributed by atoms with van der Waals surface area (Å²) >= 11 is 0. The van der Waals surface area contributed by atoms with E-state index in [0.717, 1.165) is 25.0 Å². The molecule has 1 N–H and O–H groups in total. The lowest BCUT2D eigenvalue weighted by Crippen LogP contribution is -2.40. The number of benzene rings is 1. The van der Waals surface area contributed by atoms with Crippen molar-refractivity contribution in [2.75, 3.05) is 16.8 Å². The van der Waals surface area contributed by atoms with Gasteiger partial charge < -0.3 is 5.32 Å². The fourth-order valence-corrected chi connectivity index (χ4v) is 4.50. The van der Waals surface area contributed by atoms with E-state index < -0.39 is 23.3 Å². The number of carbonyl (C=O) groups is 2. The summed E-state index contributed by atoms with van der Waals surface area (Å²) in [6.07, 6.45) is -0.185. The number of aromatic nitrogens is 1. The molecule has 2 aromatic rings. The van der Waals surface area contributed by atoms with Crippen molar-refractivity contribution in [1.29, 1.82) is 5.26 Å². The zero-order chi connectivity index (χ0) is 23.0. The average Bonchev–Trinajstić information content (AvgIpc) is 3.09. The van der Waals surface area contributed by atoms with Crippen LogP contribution in [0.4, 0.5) is 29.3 Å². The topological polar surface area (TPSA) is 89.3 Å². The van der Waals surface area contributed by atoms with Gasteiger partial charge in [-0.1, -0.05) is 12.8 Å². The van der Waals surface area contributed by atoms with E-state index in [2.05, 4.69) is 10.3 Å². The lowest BCUT2D eigenvalue weighted by molar-refractivity contribution is -0.137. The summed E-state index contributed by atoms with van der Waals surface area (Å²) in [5.74, 6) is -0.362. The summed E-state index contributed by atoms with van der Waals surface area (Å²) in [5.41, 5.74) is -0.768. The minimum absolute atomic E-state index is 0.107. The first kappa shape index (κ1) is 21.6. The van der Waals surface area contributed by atoms with Crippen LogP contribution in [-0.4, -0.2) is 36.1 Å². The molecule has 1 saturated carbocycles. The van der Waals surface area contributed by atoms with Crippen LogP contribution in [0.15, 0.2) is 36.5 Å². The van der Waals surface area contributed by atoms with Gasteiger partial charge in [0, 0.05) is 12.7 Å². The Kier molecular flexibility index (Phi) is 5.50. The number of halogens is 3. The predicted octanol–water partition coefficient (Wildman–Crippen LogP) is 4.09. The van der Waals surface area contributed by atoms with Crippen LogP contribution in [-0.2, 0) is 6.18 Å². The Morgan fingerprint density at radius 2 is 1.75 bits per heavy atom. The first-order valence-corrected chi connectivity index (χ1v) is 10.2. The van der Waals surface area contributed by atoms with Gasteiger partial charge in [-0.05, 0) is 43.2 Å². The Hall–Kier alpha value is -3.61. The quantitative estimate of drug-likeness (QED) is 0.774. The highest BCUT2D eigenvalue weighted by atomic mass is 19.4. The molecule has 0 spiro atoms. The van der Waals surface area contributed by atoms with Crippen molar-refractivity contribution in [3.05, 3.63) is 53.3 Å². The van der Waals surface area contributed by atoms with Gasteiger partial charge in [0.05, 0.1) is 41.2 Å². The van der Waals surface area contributed by atoms with Crippen LogP contribution in [0.3, 0.4) is 0 Å². The maximum Gasteiger partial charge on any atom is 0.417 e. The van der Waals surface area contributed by atoms with Gasteiger partial charge in [-0.25, -0.2) is 9.78 Å². The standard InChI is InChI=1S/C22H20F3N5O2/c1-27-20(31)17-9-8-15(12-28-17)30-19-5-3-2-4-18(19)29(21(30)32)14-7-6-13(11-26)16(10-14)22(23,24)25/h6-10,12,18-19H,2-5H2,1H3,(H,27,31). The van der Waals surface area contributed by atoms with Crippen LogP contribution in [0.1, 0.15) is 47.3 Å². The van der Waals surface area contributed by atoms with Crippen molar-refractivity contribution in [1.82, 2.24) is 10.3 Å². The van der Waals surface area contributed by atoms with E-state index in [1.807, 2.05) is 0 Å². The van der Waals surface area contributed by atoms with Crippen molar-refractivity contribution in [2.24, 2.45) is 0 Å². The lowest BCUT2D eigenvalue weighted by atomic mass is 9.89. The molecule has 166 valence electrons. The number of hydrogen-bond acceptors (Lipinski definition) is 4. The van der Waals surface area contributed by atoms with E-state index in [9.17, 15) is 22.8 Å². The van der Waals surface area contributed by atoms with E-state index in [1.165, 1.54) is 30.3 Å². The number of nitriles is 1. The van der Waals surface area contributed by atoms with Gasteiger partial charge in [-0.15, -0.1) is 0 Å². The number of carbonyl (C=O) groups excluding carboxylic acids is 2. The number of fused-ring (bicyclic) bond motifs is 1. The molecule has 2 unspecified atom stereocenters. The minimum Gasteiger partial charge on any atom is -0.354 e. The van der Waals surface area contributed by atoms with Gasteiger partial charge in [-0.2, -0.15) is 18.4 Å². The Balaban J connectivity index is 1.74. The zero-order valence-corrected chi connectivity index (χ0v) is 17.2. The Morgan fingerprint density at radius 1 is 1.12 bits per heavy atom. The molecule has 1 aliphatic carbocycles. The van der Waals surface area contributed by atoms with Crippen molar-refractivity contribution in [3.8, 4) is 6.07 Å². The van der Waals surface area contributed by atoms with Gasteiger partial charge >= 0.3 is 12.2 Å². The normalized spacial score (nSPS) is 20.7. The first-order chi connectivity index (χ1) is 15.3. The molecule has 1 aliphatic heterocycles. The highest BCUT2D eigenvalue weighted by Gasteiger charge is 2.48. The summed E-state index contributed by atoms with van der Waals surface area (Å²) in [7, 11) is 1.49. The zero-order valence-electron chi connectivity index (χ0n) is 17.2. The largest absolute Gasteiger partial charge is 0.417 e. The molecule has 10 heteroatoms. The number of nitrogens with zero attached hydrogens (tertiary/aromatic N) is 4. The molecule has 1 aromatic heterocycles. The maximum absolute atomic E-state index is 13.5.